The summed E-state index contributed by atoms with van der Waals surface area (Å²) in [7, 11) is 0. The van der Waals surface area contributed by atoms with E-state index in [4.69, 9.17) is 14.6 Å². The van der Waals surface area contributed by atoms with Crippen LogP contribution in [0.3, 0.4) is 0 Å². The second kappa shape index (κ2) is 15.0. The Morgan fingerprint density at radius 1 is 1.15 bits per heavy atom. The Hall–Kier alpha value is -2.68. The molecule has 0 radical (unpaired) electrons. The summed E-state index contributed by atoms with van der Waals surface area (Å²) in [4.78, 5) is 28.1. The number of carbonyl (C=O) groups excluding carboxylic acids is 2. The lowest BCUT2D eigenvalue weighted by atomic mass is 9.87. The predicted octanol–water partition coefficient (Wildman–Crippen LogP) is 4.18. The van der Waals surface area contributed by atoms with E-state index in [1.54, 1.807) is 12.1 Å². The van der Waals surface area contributed by atoms with Crippen molar-refractivity contribution in [3.8, 4) is 5.75 Å². The molecule has 0 saturated heterocycles. The van der Waals surface area contributed by atoms with Crippen molar-refractivity contribution in [1.82, 2.24) is 10.2 Å². The molecule has 0 heterocycles. The predicted molar refractivity (Wildman–Crippen MR) is 154 cm³/mol. The zero-order chi connectivity index (χ0) is 30.2. The van der Waals surface area contributed by atoms with Gasteiger partial charge in [-0.2, -0.15) is 13.2 Å². The zero-order valence-electron chi connectivity index (χ0n) is 22.7. The second-order valence-electron chi connectivity index (χ2n) is 9.79. The number of benzene rings is 2. The molecule has 1 aliphatic carbocycles. The minimum Gasteiger partial charge on any atom is -0.482 e. The van der Waals surface area contributed by atoms with Crippen molar-refractivity contribution in [2.75, 3.05) is 26.3 Å². The molecule has 3 N–H and O–H groups in total. The summed E-state index contributed by atoms with van der Waals surface area (Å²) >= 11 is 2.08. The molecule has 3 atom stereocenters. The monoisotopic (exact) mass is 690 g/mol. The van der Waals surface area contributed by atoms with Crippen LogP contribution in [0.4, 0.5) is 13.2 Å². The highest BCUT2D eigenvalue weighted by Gasteiger charge is 2.41. The number of para-hydroxylation sites is 1. The molecule has 2 amide bonds. The third-order valence-electron chi connectivity index (χ3n) is 6.43. The summed E-state index contributed by atoms with van der Waals surface area (Å²) in [5, 5.41) is 23.3. The van der Waals surface area contributed by atoms with E-state index >= 15 is 0 Å². The van der Waals surface area contributed by atoms with E-state index in [9.17, 15) is 27.9 Å². The molecule has 2 aromatic rings. The van der Waals surface area contributed by atoms with E-state index in [1.165, 1.54) is 11.0 Å². The Kier molecular flexibility index (Phi) is 12.0. The van der Waals surface area contributed by atoms with Gasteiger partial charge in [-0.15, -0.1) is 0 Å². The van der Waals surface area contributed by atoms with Crippen LogP contribution in [0.25, 0.3) is 0 Å². The molecule has 0 aliphatic heterocycles. The molecule has 0 bridgehead atoms. The molecule has 1 aliphatic rings. The lowest BCUT2D eigenvalue weighted by molar-refractivity contribution is -0.137. The van der Waals surface area contributed by atoms with Gasteiger partial charge in [0.15, 0.2) is 0 Å². The number of aliphatic hydroxyl groups is 2. The molecule has 41 heavy (non-hydrogen) atoms. The van der Waals surface area contributed by atoms with E-state index in [2.05, 4.69) is 27.9 Å². The Labute approximate surface area is 250 Å². The smallest absolute Gasteiger partial charge is 0.416 e. The molecule has 0 spiro atoms. The summed E-state index contributed by atoms with van der Waals surface area (Å²) in [5.41, 5.74) is -0.639. The third kappa shape index (κ3) is 9.15. The van der Waals surface area contributed by atoms with Gasteiger partial charge in [0.25, 0.3) is 5.91 Å². The maximum atomic E-state index is 13.7. The van der Waals surface area contributed by atoms with Gasteiger partial charge in [-0.25, -0.2) is 0 Å². The highest BCUT2D eigenvalue weighted by Crippen LogP contribution is 2.32. The van der Waals surface area contributed by atoms with Gasteiger partial charge in [0.05, 0.1) is 27.9 Å². The Balaban J connectivity index is 1.97. The molecule has 3 rings (SSSR count). The highest BCUT2D eigenvalue weighted by molar-refractivity contribution is 14.1. The molecule has 0 aromatic heterocycles. The molecule has 0 saturated carbocycles. The van der Waals surface area contributed by atoms with E-state index in [0.29, 0.717) is 18.8 Å². The summed E-state index contributed by atoms with van der Waals surface area (Å²) in [6.07, 6.45) is -5.06. The number of ether oxygens (including phenoxy) is 2. The molecule has 3 unspecified atom stereocenters. The van der Waals surface area contributed by atoms with Gasteiger partial charge in [-0.1, -0.05) is 12.1 Å². The number of hydrogen-bond acceptors (Lipinski definition) is 6. The van der Waals surface area contributed by atoms with Crippen molar-refractivity contribution < 1.29 is 42.4 Å². The fourth-order valence-electron chi connectivity index (χ4n) is 4.41. The molecular weight excluding hydrogens is 656 g/mol. The maximum absolute atomic E-state index is 13.7. The number of carbonyl (C=O) groups is 2. The lowest BCUT2D eigenvalue weighted by Gasteiger charge is -2.40. The second-order valence-corrected chi connectivity index (χ2v) is 11.0. The minimum absolute atomic E-state index is 0.00545. The van der Waals surface area contributed by atoms with E-state index in [1.807, 2.05) is 26.0 Å². The third-order valence-corrected chi connectivity index (χ3v) is 7.32. The largest absolute Gasteiger partial charge is 0.482 e. The summed E-state index contributed by atoms with van der Waals surface area (Å²) < 4.78 is 51.9. The van der Waals surface area contributed by atoms with Crippen LogP contribution in [0.5, 0.6) is 5.75 Å². The lowest BCUT2D eigenvalue weighted by Crippen LogP contribution is -2.55. The zero-order valence-corrected chi connectivity index (χ0v) is 24.9. The molecule has 12 heteroatoms. The Morgan fingerprint density at radius 3 is 2.44 bits per heavy atom. The van der Waals surface area contributed by atoms with Crippen molar-refractivity contribution in [2.45, 2.75) is 57.2 Å². The standard InChI is InChI=1S/C29H34F3IN2O6/c1-18(2)40-15-5-13-35(28(39)19-8-10-21(11-9-19)29(30,31)32)23-16-20(27(38)34-12-14-36)17-25(26(23)37)41-24-7-4-3-6-22(24)33/h3-4,6-11,17-18,23,25-26,36-37H,5,12-16H2,1-2H3,(H,34,38). The first-order valence-electron chi connectivity index (χ1n) is 13.2. The number of halogens is 4. The van der Waals surface area contributed by atoms with Crippen molar-refractivity contribution in [1.29, 1.82) is 0 Å². The quantitative estimate of drug-likeness (QED) is 0.228. The molecule has 2 aromatic carbocycles. The fraction of sp³-hybridized carbons (Fsp3) is 0.448. The van der Waals surface area contributed by atoms with Crippen LogP contribution in [-0.2, 0) is 15.7 Å². The van der Waals surface area contributed by atoms with Crippen LogP contribution < -0.4 is 10.1 Å². The Morgan fingerprint density at radius 2 is 1.83 bits per heavy atom. The normalized spacial score (nSPS) is 19.0. The molecular formula is C29H34F3IN2O6. The van der Waals surface area contributed by atoms with Crippen LogP contribution in [-0.4, -0.2) is 77.6 Å². The number of nitrogens with zero attached hydrogens (tertiary/aromatic N) is 1. The van der Waals surface area contributed by atoms with E-state index in [0.717, 1.165) is 27.8 Å². The van der Waals surface area contributed by atoms with Crippen LogP contribution in [0.1, 0.15) is 42.6 Å². The molecule has 8 nitrogen and oxygen atoms in total. The highest BCUT2D eigenvalue weighted by atomic mass is 127. The average Bonchev–Trinajstić information content (AvgIpc) is 2.93. The van der Waals surface area contributed by atoms with Crippen molar-refractivity contribution in [2.24, 2.45) is 0 Å². The van der Waals surface area contributed by atoms with Gasteiger partial charge < -0.3 is 29.9 Å². The van der Waals surface area contributed by atoms with Gasteiger partial charge in [0.1, 0.15) is 18.0 Å². The number of aliphatic hydroxyl groups excluding tert-OH is 2. The Bertz CT molecular complexity index is 1210. The number of amides is 2. The van der Waals surface area contributed by atoms with Gasteiger partial charge in [-0.05, 0) is 85.3 Å². The van der Waals surface area contributed by atoms with Crippen molar-refractivity contribution in [3.63, 3.8) is 0 Å². The summed E-state index contributed by atoms with van der Waals surface area (Å²) in [5.74, 6) is -0.620. The van der Waals surface area contributed by atoms with Crippen molar-refractivity contribution in [3.05, 3.63) is 74.9 Å². The van der Waals surface area contributed by atoms with E-state index in [-0.39, 0.29) is 43.4 Å². The van der Waals surface area contributed by atoms with Crippen LogP contribution in [0, 0.1) is 3.57 Å². The molecule has 224 valence electrons. The number of hydrogen-bond donors (Lipinski definition) is 3. The van der Waals surface area contributed by atoms with Crippen LogP contribution >= 0.6 is 22.6 Å². The topological polar surface area (TPSA) is 108 Å². The average molecular weight is 690 g/mol. The number of nitrogens with one attached hydrogen (secondary N) is 1. The summed E-state index contributed by atoms with van der Waals surface area (Å²) in [6, 6.07) is 10.0. The first-order chi connectivity index (χ1) is 19.4. The maximum Gasteiger partial charge on any atom is 0.416 e. The van der Waals surface area contributed by atoms with E-state index < -0.39 is 41.8 Å². The van der Waals surface area contributed by atoms with Gasteiger partial charge in [-0.3, -0.25) is 9.59 Å². The number of rotatable bonds is 12. The first-order valence-corrected chi connectivity index (χ1v) is 14.3. The van der Waals surface area contributed by atoms with Crippen molar-refractivity contribution >= 4 is 34.4 Å². The SMILES string of the molecule is CC(C)OCCCN(C(=O)c1ccc(C(F)(F)F)cc1)C1CC(C(=O)NCCO)=CC(Oc2ccccc2I)C1O. The van der Waals surface area contributed by atoms with Gasteiger partial charge in [0.2, 0.25) is 5.91 Å². The first kappa shape index (κ1) is 32.8. The minimum atomic E-state index is -4.56. The fourth-order valence-corrected chi connectivity index (χ4v) is 4.92. The van der Waals surface area contributed by atoms with Crippen LogP contribution in [0.2, 0.25) is 0 Å². The van der Waals surface area contributed by atoms with Gasteiger partial charge >= 0.3 is 6.18 Å². The number of alkyl halides is 3. The van der Waals surface area contributed by atoms with Gasteiger partial charge in [0, 0.05) is 37.3 Å². The van der Waals surface area contributed by atoms with Crippen LogP contribution in [0.15, 0.2) is 60.2 Å². The summed E-state index contributed by atoms with van der Waals surface area (Å²) in [6.45, 7) is 3.87. The molecule has 0 fully saturated rings.